The zero-order chi connectivity index (χ0) is 10.7. The molecular formula is C8H20N2O2Si. The summed E-state index contributed by atoms with van der Waals surface area (Å²) in [5.74, 6) is 4.67. The number of hydrazine groups is 1. The predicted molar refractivity (Wildman–Crippen MR) is 55.5 cm³/mol. The molecule has 0 aliphatic heterocycles. The predicted octanol–water partition coefficient (Wildman–Crippen LogP) is 0.998. The maximum Gasteiger partial charge on any atom is 0.258 e. The van der Waals surface area contributed by atoms with E-state index in [1.807, 2.05) is 5.43 Å². The van der Waals surface area contributed by atoms with E-state index in [-0.39, 0.29) is 17.6 Å². The van der Waals surface area contributed by atoms with Crippen molar-refractivity contribution in [2.24, 2.45) is 5.84 Å². The van der Waals surface area contributed by atoms with E-state index < -0.39 is 8.32 Å². The van der Waals surface area contributed by atoms with Crippen LogP contribution in [0.1, 0.15) is 20.8 Å². The largest absolute Gasteiger partial charge is 0.407 e. The molecule has 0 bridgehead atoms. The lowest BCUT2D eigenvalue weighted by atomic mass is 10.2. The molecule has 3 N–H and O–H groups in total. The number of hydrogen-bond donors (Lipinski definition) is 2. The molecule has 0 aromatic heterocycles. The van der Waals surface area contributed by atoms with Crippen LogP contribution in [0.25, 0.3) is 0 Å². The summed E-state index contributed by atoms with van der Waals surface area (Å²) in [6.45, 7) is 10.6. The van der Waals surface area contributed by atoms with Gasteiger partial charge in [-0.15, -0.1) is 0 Å². The van der Waals surface area contributed by atoms with Crippen LogP contribution < -0.4 is 11.3 Å². The SMILES string of the molecule is CC(C)(C)[Si](C)(C)OCC(=O)NN. The van der Waals surface area contributed by atoms with E-state index in [4.69, 9.17) is 10.3 Å². The van der Waals surface area contributed by atoms with Gasteiger partial charge in [0.2, 0.25) is 0 Å². The summed E-state index contributed by atoms with van der Waals surface area (Å²) >= 11 is 0. The van der Waals surface area contributed by atoms with Gasteiger partial charge in [-0.25, -0.2) is 5.84 Å². The van der Waals surface area contributed by atoms with Gasteiger partial charge in [0.05, 0.1) is 0 Å². The molecule has 0 radical (unpaired) electrons. The Hall–Kier alpha value is -0.393. The van der Waals surface area contributed by atoms with Gasteiger partial charge < -0.3 is 4.43 Å². The fourth-order valence-electron chi connectivity index (χ4n) is 0.504. The third-order valence-corrected chi connectivity index (χ3v) is 7.01. The van der Waals surface area contributed by atoms with Crippen LogP contribution in [-0.2, 0) is 9.22 Å². The topological polar surface area (TPSA) is 64.3 Å². The first-order valence-electron chi connectivity index (χ1n) is 4.34. The van der Waals surface area contributed by atoms with Crippen molar-refractivity contribution in [2.45, 2.75) is 38.9 Å². The van der Waals surface area contributed by atoms with Crippen LogP contribution in [-0.4, -0.2) is 20.8 Å². The first-order chi connectivity index (χ1) is 5.70. The lowest BCUT2D eigenvalue weighted by Crippen LogP contribution is -2.44. The van der Waals surface area contributed by atoms with Gasteiger partial charge in [0, 0.05) is 0 Å². The summed E-state index contributed by atoms with van der Waals surface area (Å²) in [5, 5.41) is 0.127. The summed E-state index contributed by atoms with van der Waals surface area (Å²) in [6, 6.07) is 0. The van der Waals surface area contributed by atoms with Crippen LogP contribution in [0.4, 0.5) is 0 Å². The van der Waals surface area contributed by atoms with Gasteiger partial charge >= 0.3 is 0 Å². The summed E-state index contributed by atoms with van der Waals surface area (Å²) in [6.07, 6.45) is 0. The van der Waals surface area contributed by atoms with Crippen LogP contribution in [0.15, 0.2) is 0 Å². The van der Waals surface area contributed by atoms with Crippen molar-refractivity contribution >= 4 is 14.2 Å². The molecule has 13 heavy (non-hydrogen) atoms. The molecule has 5 heteroatoms. The molecule has 0 aromatic carbocycles. The lowest BCUT2D eigenvalue weighted by Gasteiger charge is -2.35. The maximum atomic E-state index is 10.8. The average Bonchev–Trinajstić information content (AvgIpc) is 1.98. The van der Waals surface area contributed by atoms with E-state index in [2.05, 4.69) is 33.9 Å². The molecule has 1 amide bonds. The number of nitrogens with one attached hydrogen (secondary N) is 1. The third kappa shape index (κ3) is 3.88. The zero-order valence-corrected chi connectivity index (χ0v) is 10.1. The molecule has 78 valence electrons. The Balaban J connectivity index is 4.12. The molecule has 0 aromatic rings. The van der Waals surface area contributed by atoms with E-state index in [0.717, 1.165) is 0 Å². The zero-order valence-electron chi connectivity index (χ0n) is 9.10. The Labute approximate surface area is 80.9 Å². The van der Waals surface area contributed by atoms with Gasteiger partial charge in [0.25, 0.3) is 5.91 Å². The van der Waals surface area contributed by atoms with Crippen molar-refractivity contribution in [3.63, 3.8) is 0 Å². The molecule has 0 unspecified atom stereocenters. The summed E-state index contributed by atoms with van der Waals surface area (Å²) in [7, 11) is -1.80. The fraction of sp³-hybridized carbons (Fsp3) is 0.875. The Bertz CT molecular complexity index is 187. The molecule has 0 aliphatic carbocycles. The standard InChI is InChI=1S/C8H20N2O2Si/c1-8(2,3)13(4,5)12-6-7(11)10-9/h6,9H2,1-5H3,(H,10,11). The Morgan fingerprint density at radius 1 is 1.46 bits per heavy atom. The van der Waals surface area contributed by atoms with Gasteiger partial charge in [-0.05, 0) is 18.1 Å². The van der Waals surface area contributed by atoms with E-state index in [1.54, 1.807) is 0 Å². The molecule has 0 heterocycles. The molecule has 0 fully saturated rings. The Morgan fingerprint density at radius 2 is 1.92 bits per heavy atom. The first-order valence-corrected chi connectivity index (χ1v) is 7.25. The minimum atomic E-state index is -1.80. The van der Waals surface area contributed by atoms with Crippen molar-refractivity contribution in [2.75, 3.05) is 6.61 Å². The Kier molecular flexibility index (Phi) is 4.08. The van der Waals surface area contributed by atoms with E-state index in [1.165, 1.54) is 0 Å². The van der Waals surface area contributed by atoms with Crippen molar-refractivity contribution in [1.29, 1.82) is 0 Å². The van der Waals surface area contributed by atoms with E-state index in [9.17, 15) is 4.79 Å². The minimum absolute atomic E-state index is 0.0625. The van der Waals surface area contributed by atoms with Crippen LogP contribution >= 0.6 is 0 Å². The lowest BCUT2D eigenvalue weighted by molar-refractivity contribution is -0.123. The number of nitrogens with two attached hydrogens (primary N) is 1. The van der Waals surface area contributed by atoms with Gasteiger partial charge in [-0.3, -0.25) is 10.2 Å². The highest BCUT2D eigenvalue weighted by molar-refractivity contribution is 6.74. The van der Waals surface area contributed by atoms with Gasteiger partial charge in [-0.2, -0.15) is 0 Å². The summed E-state index contributed by atoms with van der Waals surface area (Å²) in [5.41, 5.74) is 2.05. The molecule has 0 rings (SSSR count). The van der Waals surface area contributed by atoms with Crippen LogP contribution in [0.3, 0.4) is 0 Å². The molecule has 0 saturated heterocycles. The van der Waals surface area contributed by atoms with E-state index >= 15 is 0 Å². The van der Waals surface area contributed by atoms with Gasteiger partial charge in [-0.1, -0.05) is 20.8 Å². The van der Waals surface area contributed by atoms with Crippen molar-refractivity contribution in [3.8, 4) is 0 Å². The van der Waals surface area contributed by atoms with Crippen LogP contribution in [0, 0.1) is 0 Å². The highest BCUT2D eigenvalue weighted by Crippen LogP contribution is 2.36. The van der Waals surface area contributed by atoms with Crippen molar-refractivity contribution in [3.05, 3.63) is 0 Å². The Morgan fingerprint density at radius 3 is 2.23 bits per heavy atom. The first kappa shape index (κ1) is 12.6. The molecule has 0 aliphatic rings. The third-order valence-electron chi connectivity index (χ3n) is 2.53. The van der Waals surface area contributed by atoms with E-state index in [0.29, 0.717) is 0 Å². The minimum Gasteiger partial charge on any atom is -0.407 e. The fourth-order valence-corrected chi connectivity index (χ4v) is 1.43. The number of amides is 1. The normalized spacial score (nSPS) is 12.8. The highest BCUT2D eigenvalue weighted by atomic mass is 28.4. The molecule has 0 spiro atoms. The average molecular weight is 204 g/mol. The molecular weight excluding hydrogens is 184 g/mol. The maximum absolute atomic E-state index is 10.8. The second-order valence-electron chi connectivity index (χ2n) is 4.62. The highest BCUT2D eigenvalue weighted by Gasteiger charge is 2.37. The summed E-state index contributed by atoms with van der Waals surface area (Å²) in [4.78, 5) is 10.8. The second-order valence-corrected chi connectivity index (χ2v) is 9.43. The monoisotopic (exact) mass is 204 g/mol. The van der Waals surface area contributed by atoms with Crippen molar-refractivity contribution < 1.29 is 9.22 Å². The molecule has 0 saturated carbocycles. The molecule has 0 atom stereocenters. The quantitative estimate of drug-likeness (QED) is 0.312. The second kappa shape index (κ2) is 4.21. The van der Waals surface area contributed by atoms with Crippen LogP contribution in [0.5, 0.6) is 0 Å². The van der Waals surface area contributed by atoms with Crippen LogP contribution in [0.2, 0.25) is 18.1 Å². The van der Waals surface area contributed by atoms with Gasteiger partial charge in [0.15, 0.2) is 8.32 Å². The number of rotatable bonds is 3. The smallest absolute Gasteiger partial charge is 0.258 e. The number of carbonyl (C=O) groups is 1. The summed E-state index contributed by atoms with van der Waals surface area (Å²) < 4.78 is 5.59. The van der Waals surface area contributed by atoms with Gasteiger partial charge in [0.1, 0.15) is 6.61 Å². The number of carbonyl (C=O) groups excluding carboxylic acids is 1. The van der Waals surface area contributed by atoms with Crippen molar-refractivity contribution in [1.82, 2.24) is 5.43 Å². The number of hydrogen-bond acceptors (Lipinski definition) is 3. The molecule has 4 nitrogen and oxygen atoms in total.